The maximum atomic E-state index is 10.8. The van der Waals surface area contributed by atoms with Crippen LogP contribution in [0.4, 0.5) is 0 Å². The molecular formula is C10H11NO5. The van der Waals surface area contributed by atoms with E-state index in [4.69, 9.17) is 19.5 Å². The number of nitrogens with zero attached hydrogens (tertiary/aromatic N) is 1. The van der Waals surface area contributed by atoms with Crippen LogP contribution < -0.4 is 0 Å². The first-order chi connectivity index (χ1) is 7.52. The number of carbonyl (C=O) groups is 2. The first-order valence-electron chi connectivity index (χ1n) is 4.62. The number of ether oxygens (including phenoxy) is 3. The van der Waals surface area contributed by atoms with Crippen LogP contribution in [0, 0.1) is 11.3 Å². The van der Waals surface area contributed by atoms with Crippen molar-refractivity contribution in [3.05, 3.63) is 11.8 Å². The molecule has 0 spiro atoms. The van der Waals surface area contributed by atoms with Crippen molar-refractivity contribution in [3.8, 4) is 6.07 Å². The average Bonchev–Trinajstić information content (AvgIpc) is 2.19. The fourth-order valence-electron chi connectivity index (χ4n) is 1.26. The zero-order valence-corrected chi connectivity index (χ0v) is 8.93. The Kier molecular flexibility index (Phi) is 3.89. The van der Waals surface area contributed by atoms with Gasteiger partial charge in [0.1, 0.15) is 12.7 Å². The van der Waals surface area contributed by atoms with Gasteiger partial charge in [0.2, 0.25) is 0 Å². The topological polar surface area (TPSA) is 85.6 Å². The number of nitriles is 1. The summed E-state index contributed by atoms with van der Waals surface area (Å²) in [5, 5.41) is 8.62. The molecule has 1 aliphatic heterocycles. The van der Waals surface area contributed by atoms with Gasteiger partial charge in [0, 0.05) is 19.9 Å². The van der Waals surface area contributed by atoms with Crippen LogP contribution in [0.25, 0.3) is 0 Å². The first-order valence-corrected chi connectivity index (χ1v) is 4.62. The zero-order valence-electron chi connectivity index (χ0n) is 8.93. The number of esters is 2. The van der Waals surface area contributed by atoms with Gasteiger partial charge in [0.05, 0.1) is 0 Å². The summed E-state index contributed by atoms with van der Waals surface area (Å²) in [6, 6.07) is 1.79. The molecular weight excluding hydrogens is 214 g/mol. The molecule has 0 bridgehead atoms. The van der Waals surface area contributed by atoms with Gasteiger partial charge in [0.15, 0.2) is 18.0 Å². The molecule has 1 aliphatic rings. The lowest BCUT2D eigenvalue weighted by atomic mass is 10.1. The second-order valence-corrected chi connectivity index (χ2v) is 3.18. The van der Waals surface area contributed by atoms with Gasteiger partial charge in [-0.05, 0) is 0 Å². The molecule has 0 amide bonds. The molecule has 16 heavy (non-hydrogen) atoms. The summed E-state index contributed by atoms with van der Waals surface area (Å²) < 4.78 is 14.8. The van der Waals surface area contributed by atoms with Crippen LogP contribution in [0.15, 0.2) is 11.8 Å². The fourth-order valence-corrected chi connectivity index (χ4v) is 1.26. The molecule has 6 heteroatoms. The van der Waals surface area contributed by atoms with E-state index in [0.717, 1.165) is 0 Å². The number of hydrogen-bond donors (Lipinski definition) is 0. The van der Waals surface area contributed by atoms with Crippen molar-refractivity contribution in [1.82, 2.24) is 0 Å². The molecule has 0 aromatic rings. The fraction of sp³-hybridized carbons (Fsp3) is 0.500. The van der Waals surface area contributed by atoms with E-state index in [0.29, 0.717) is 0 Å². The monoisotopic (exact) mass is 225 g/mol. The van der Waals surface area contributed by atoms with E-state index in [2.05, 4.69) is 0 Å². The van der Waals surface area contributed by atoms with Crippen molar-refractivity contribution in [1.29, 1.82) is 5.26 Å². The highest BCUT2D eigenvalue weighted by Crippen LogP contribution is 2.17. The third-order valence-electron chi connectivity index (χ3n) is 1.81. The van der Waals surface area contributed by atoms with E-state index in [9.17, 15) is 9.59 Å². The smallest absolute Gasteiger partial charge is 0.303 e. The Balaban J connectivity index is 2.78. The number of hydrogen-bond acceptors (Lipinski definition) is 6. The molecule has 0 saturated heterocycles. The van der Waals surface area contributed by atoms with Crippen molar-refractivity contribution in [2.75, 3.05) is 6.61 Å². The quantitative estimate of drug-likeness (QED) is 0.628. The molecule has 86 valence electrons. The molecule has 0 radical (unpaired) electrons. The minimum Gasteiger partial charge on any atom is -0.480 e. The minimum absolute atomic E-state index is 0.00306. The summed E-state index contributed by atoms with van der Waals surface area (Å²) in [4.78, 5) is 21.6. The Bertz CT molecular complexity index is 368. The molecule has 1 heterocycles. The first kappa shape index (κ1) is 12.0. The predicted molar refractivity (Wildman–Crippen MR) is 50.8 cm³/mol. The van der Waals surface area contributed by atoms with Crippen molar-refractivity contribution in [2.45, 2.75) is 26.1 Å². The summed E-state index contributed by atoms with van der Waals surface area (Å²) >= 11 is 0. The van der Waals surface area contributed by atoms with E-state index < -0.39 is 24.1 Å². The summed E-state index contributed by atoms with van der Waals surface area (Å²) in [7, 11) is 0. The summed E-state index contributed by atoms with van der Waals surface area (Å²) in [6.45, 7) is 2.48. The van der Waals surface area contributed by atoms with Crippen molar-refractivity contribution in [2.24, 2.45) is 0 Å². The molecule has 1 rings (SSSR count). The molecule has 6 nitrogen and oxygen atoms in total. The molecule has 0 aromatic heterocycles. The van der Waals surface area contributed by atoms with Crippen LogP contribution in [0.1, 0.15) is 13.8 Å². The lowest BCUT2D eigenvalue weighted by Gasteiger charge is -2.27. The lowest BCUT2D eigenvalue weighted by molar-refractivity contribution is -0.166. The maximum absolute atomic E-state index is 10.8. The van der Waals surface area contributed by atoms with Gasteiger partial charge in [-0.3, -0.25) is 9.59 Å². The summed E-state index contributed by atoms with van der Waals surface area (Å²) in [6.07, 6.45) is -0.165. The molecule has 0 aliphatic carbocycles. The van der Waals surface area contributed by atoms with Gasteiger partial charge in [-0.2, -0.15) is 5.26 Å². The Morgan fingerprint density at radius 1 is 1.44 bits per heavy atom. The Morgan fingerprint density at radius 3 is 2.56 bits per heavy atom. The van der Waals surface area contributed by atoms with Gasteiger partial charge in [-0.25, -0.2) is 0 Å². The standard InChI is InChI=1S/C10H11NO5/c1-6(12)15-9-3-8(4-11)14-5-10(9)16-7(2)13/h3,9-10H,5H2,1-2H3/t9-,10+/m0/s1. The third-order valence-corrected chi connectivity index (χ3v) is 1.81. The normalized spacial score (nSPS) is 23.4. The van der Waals surface area contributed by atoms with E-state index >= 15 is 0 Å². The highest BCUT2D eigenvalue weighted by Gasteiger charge is 2.31. The summed E-state index contributed by atoms with van der Waals surface area (Å²) in [5.74, 6) is -0.966. The van der Waals surface area contributed by atoms with Crippen LogP contribution in [0.3, 0.4) is 0 Å². The Morgan fingerprint density at radius 2 is 2.06 bits per heavy atom. The molecule has 0 aromatic carbocycles. The minimum atomic E-state index is -0.773. The number of carbonyl (C=O) groups excluding carboxylic acids is 2. The Hall–Kier alpha value is -2.03. The third kappa shape index (κ3) is 3.28. The van der Waals surface area contributed by atoms with Gasteiger partial charge >= 0.3 is 11.9 Å². The van der Waals surface area contributed by atoms with Crippen LogP contribution >= 0.6 is 0 Å². The second kappa shape index (κ2) is 5.16. The number of rotatable bonds is 2. The van der Waals surface area contributed by atoms with E-state index in [1.54, 1.807) is 6.07 Å². The van der Waals surface area contributed by atoms with Gasteiger partial charge < -0.3 is 14.2 Å². The number of allylic oxidation sites excluding steroid dienone is 1. The predicted octanol–water partition coefficient (Wildman–Crippen LogP) is 0.287. The largest absolute Gasteiger partial charge is 0.480 e. The van der Waals surface area contributed by atoms with Crippen molar-refractivity contribution >= 4 is 11.9 Å². The van der Waals surface area contributed by atoms with E-state index in [-0.39, 0.29) is 12.4 Å². The van der Waals surface area contributed by atoms with E-state index in [1.165, 1.54) is 19.9 Å². The summed E-state index contributed by atoms with van der Waals surface area (Å²) in [5.41, 5.74) is 0. The van der Waals surface area contributed by atoms with E-state index in [1.807, 2.05) is 0 Å². The van der Waals surface area contributed by atoms with Crippen molar-refractivity contribution < 1.29 is 23.8 Å². The van der Waals surface area contributed by atoms with Gasteiger partial charge in [0.25, 0.3) is 0 Å². The molecule has 0 fully saturated rings. The maximum Gasteiger partial charge on any atom is 0.303 e. The Labute approximate surface area is 92.4 Å². The molecule has 0 unspecified atom stereocenters. The molecule has 0 saturated carbocycles. The lowest BCUT2D eigenvalue weighted by Crippen LogP contribution is -2.39. The van der Waals surface area contributed by atoms with Crippen LogP contribution in [-0.4, -0.2) is 30.8 Å². The molecule has 2 atom stereocenters. The van der Waals surface area contributed by atoms with Crippen LogP contribution in [0.2, 0.25) is 0 Å². The molecule has 0 N–H and O–H groups in total. The van der Waals surface area contributed by atoms with Gasteiger partial charge in [-0.15, -0.1) is 0 Å². The highest BCUT2D eigenvalue weighted by molar-refractivity contribution is 5.67. The van der Waals surface area contributed by atoms with Gasteiger partial charge in [-0.1, -0.05) is 0 Å². The average molecular weight is 225 g/mol. The van der Waals surface area contributed by atoms with Crippen LogP contribution in [-0.2, 0) is 23.8 Å². The van der Waals surface area contributed by atoms with Crippen LogP contribution in [0.5, 0.6) is 0 Å². The second-order valence-electron chi connectivity index (χ2n) is 3.18. The SMILES string of the molecule is CC(=O)O[C@H]1C=C(C#N)OC[C@H]1OC(C)=O. The highest BCUT2D eigenvalue weighted by atomic mass is 16.6. The zero-order chi connectivity index (χ0) is 12.1. The van der Waals surface area contributed by atoms with Crippen molar-refractivity contribution in [3.63, 3.8) is 0 Å².